The first-order chi connectivity index (χ1) is 12.0. The van der Waals surface area contributed by atoms with Crippen LogP contribution in [0.1, 0.15) is 27.4 Å². The predicted molar refractivity (Wildman–Crippen MR) is 95.6 cm³/mol. The van der Waals surface area contributed by atoms with Crippen LogP contribution in [0, 0.1) is 20.8 Å². The first kappa shape index (κ1) is 17.0. The topological polar surface area (TPSA) is 80.3 Å². The lowest BCUT2D eigenvalue weighted by Gasteiger charge is -2.06. The van der Waals surface area contributed by atoms with Gasteiger partial charge < -0.3 is 14.8 Å². The standard InChI is InChI=1S/C19H21N3O3/c1-12-6-4-5-7-15(12)16-11-17(22(21-16)8-9-23)20-19(24)18-13(2)10-14(3)25-18/h4-7,10-11,23H,8-9H2,1-3H3,(H,20,24). The highest BCUT2D eigenvalue weighted by Crippen LogP contribution is 2.25. The van der Waals surface area contributed by atoms with Gasteiger partial charge in [-0.05, 0) is 32.4 Å². The first-order valence-electron chi connectivity index (χ1n) is 8.12. The zero-order chi connectivity index (χ0) is 18.0. The van der Waals surface area contributed by atoms with Gasteiger partial charge in [-0.3, -0.25) is 4.79 Å². The maximum absolute atomic E-state index is 12.5. The molecule has 0 saturated heterocycles. The predicted octanol–water partition coefficient (Wildman–Crippen LogP) is 3.31. The number of aliphatic hydroxyl groups excluding tert-OH is 1. The van der Waals surface area contributed by atoms with Crippen molar-refractivity contribution < 1.29 is 14.3 Å². The van der Waals surface area contributed by atoms with Gasteiger partial charge in [-0.25, -0.2) is 4.68 Å². The van der Waals surface area contributed by atoms with Gasteiger partial charge >= 0.3 is 0 Å². The molecule has 0 unspecified atom stereocenters. The Labute approximate surface area is 146 Å². The van der Waals surface area contributed by atoms with E-state index in [9.17, 15) is 9.90 Å². The van der Waals surface area contributed by atoms with Crippen molar-refractivity contribution >= 4 is 11.7 Å². The Morgan fingerprint density at radius 3 is 2.60 bits per heavy atom. The summed E-state index contributed by atoms with van der Waals surface area (Å²) >= 11 is 0. The Morgan fingerprint density at radius 1 is 1.20 bits per heavy atom. The van der Waals surface area contributed by atoms with Gasteiger partial charge in [0.2, 0.25) is 0 Å². The third-order valence-corrected chi connectivity index (χ3v) is 4.00. The molecule has 2 N–H and O–H groups in total. The fraction of sp³-hybridized carbons (Fsp3) is 0.263. The number of aromatic nitrogens is 2. The Balaban J connectivity index is 1.94. The maximum Gasteiger partial charge on any atom is 0.292 e. The highest BCUT2D eigenvalue weighted by Gasteiger charge is 2.18. The molecule has 0 aliphatic heterocycles. The Bertz CT molecular complexity index is 909. The van der Waals surface area contributed by atoms with Gasteiger partial charge in [0.15, 0.2) is 5.76 Å². The smallest absolute Gasteiger partial charge is 0.292 e. The van der Waals surface area contributed by atoms with Crippen molar-refractivity contribution in [1.82, 2.24) is 9.78 Å². The van der Waals surface area contributed by atoms with Crippen molar-refractivity contribution in [1.29, 1.82) is 0 Å². The first-order valence-corrected chi connectivity index (χ1v) is 8.12. The fourth-order valence-corrected chi connectivity index (χ4v) is 2.81. The van der Waals surface area contributed by atoms with Crippen LogP contribution in [0.4, 0.5) is 5.82 Å². The van der Waals surface area contributed by atoms with Crippen molar-refractivity contribution in [3.8, 4) is 11.3 Å². The van der Waals surface area contributed by atoms with Gasteiger partial charge in [0.1, 0.15) is 11.6 Å². The van der Waals surface area contributed by atoms with Gasteiger partial charge in [0.25, 0.3) is 5.91 Å². The minimum absolute atomic E-state index is 0.0728. The average Bonchev–Trinajstić information content (AvgIpc) is 3.11. The molecule has 6 heteroatoms. The number of carbonyl (C=O) groups excluding carboxylic acids is 1. The SMILES string of the molecule is Cc1cc(C)c(C(=O)Nc2cc(-c3ccccc3C)nn2CCO)o1. The van der Waals surface area contributed by atoms with Crippen LogP contribution in [0.3, 0.4) is 0 Å². The second kappa shape index (κ2) is 6.94. The lowest BCUT2D eigenvalue weighted by molar-refractivity contribution is 0.0993. The molecule has 0 radical (unpaired) electrons. The molecule has 2 aromatic heterocycles. The number of nitrogens with one attached hydrogen (secondary N) is 1. The third-order valence-electron chi connectivity index (χ3n) is 4.00. The number of carbonyl (C=O) groups is 1. The van der Waals surface area contributed by atoms with Gasteiger partial charge in [-0.2, -0.15) is 5.10 Å². The van der Waals surface area contributed by atoms with Crippen LogP contribution >= 0.6 is 0 Å². The number of nitrogens with zero attached hydrogens (tertiary/aromatic N) is 2. The van der Waals surface area contributed by atoms with Crippen molar-refractivity contribution in [3.05, 3.63) is 59.0 Å². The van der Waals surface area contributed by atoms with Crippen LogP contribution in [0.25, 0.3) is 11.3 Å². The van der Waals surface area contributed by atoms with E-state index in [1.54, 1.807) is 17.7 Å². The van der Waals surface area contributed by atoms with Crippen LogP contribution in [0.5, 0.6) is 0 Å². The molecule has 3 aromatic rings. The van der Waals surface area contributed by atoms with Gasteiger partial charge in [-0.15, -0.1) is 0 Å². The molecule has 0 saturated carbocycles. The minimum Gasteiger partial charge on any atom is -0.456 e. The Kier molecular flexibility index (Phi) is 4.72. The zero-order valence-corrected chi connectivity index (χ0v) is 14.5. The second-order valence-electron chi connectivity index (χ2n) is 6.00. The molecule has 3 rings (SSSR count). The number of hydrogen-bond donors (Lipinski definition) is 2. The molecule has 1 amide bonds. The molecular weight excluding hydrogens is 318 g/mol. The lowest BCUT2D eigenvalue weighted by Crippen LogP contribution is -2.17. The zero-order valence-electron chi connectivity index (χ0n) is 14.5. The summed E-state index contributed by atoms with van der Waals surface area (Å²) in [5.74, 6) is 1.16. The van der Waals surface area contributed by atoms with E-state index in [-0.39, 0.29) is 24.8 Å². The monoisotopic (exact) mass is 339 g/mol. The molecule has 130 valence electrons. The highest BCUT2D eigenvalue weighted by atomic mass is 16.3. The minimum atomic E-state index is -0.332. The largest absolute Gasteiger partial charge is 0.456 e. The van der Waals surface area contributed by atoms with E-state index in [0.29, 0.717) is 11.6 Å². The van der Waals surface area contributed by atoms with E-state index in [0.717, 1.165) is 22.4 Å². The number of aliphatic hydroxyl groups is 1. The van der Waals surface area contributed by atoms with Gasteiger partial charge in [0.05, 0.1) is 18.8 Å². The molecule has 25 heavy (non-hydrogen) atoms. The van der Waals surface area contributed by atoms with Crippen molar-refractivity contribution in [2.75, 3.05) is 11.9 Å². The molecule has 0 fully saturated rings. The summed E-state index contributed by atoms with van der Waals surface area (Å²) in [6.07, 6.45) is 0. The summed E-state index contributed by atoms with van der Waals surface area (Å²) in [6.45, 7) is 5.85. The molecule has 0 aliphatic rings. The van der Waals surface area contributed by atoms with Crippen LogP contribution in [-0.4, -0.2) is 27.4 Å². The molecule has 6 nitrogen and oxygen atoms in total. The third kappa shape index (κ3) is 3.49. The van der Waals surface area contributed by atoms with Crippen molar-refractivity contribution in [2.24, 2.45) is 0 Å². The fourth-order valence-electron chi connectivity index (χ4n) is 2.81. The Hall–Kier alpha value is -2.86. The molecule has 0 aliphatic carbocycles. The molecule has 1 aromatic carbocycles. The van der Waals surface area contributed by atoms with Crippen LogP contribution in [0.2, 0.25) is 0 Å². The molecule has 0 atom stereocenters. The van der Waals surface area contributed by atoms with E-state index in [4.69, 9.17) is 4.42 Å². The van der Waals surface area contributed by atoms with E-state index >= 15 is 0 Å². The quantitative estimate of drug-likeness (QED) is 0.747. The highest BCUT2D eigenvalue weighted by molar-refractivity contribution is 6.03. The number of furan rings is 1. The number of rotatable bonds is 5. The molecular formula is C19H21N3O3. The summed E-state index contributed by atoms with van der Waals surface area (Å²) in [7, 11) is 0. The normalized spacial score (nSPS) is 10.9. The van der Waals surface area contributed by atoms with E-state index in [2.05, 4.69) is 10.4 Å². The van der Waals surface area contributed by atoms with E-state index in [1.165, 1.54) is 0 Å². The van der Waals surface area contributed by atoms with Crippen molar-refractivity contribution in [3.63, 3.8) is 0 Å². The summed E-state index contributed by atoms with van der Waals surface area (Å²) < 4.78 is 7.06. The summed E-state index contributed by atoms with van der Waals surface area (Å²) in [4.78, 5) is 12.5. The maximum atomic E-state index is 12.5. The van der Waals surface area contributed by atoms with Crippen LogP contribution in [0.15, 0.2) is 40.8 Å². The van der Waals surface area contributed by atoms with E-state index in [1.807, 2.05) is 44.2 Å². The molecule has 2 heterocycles. The number of anilines is 1. The number of hydrogen-bond acceptors (Lipinski definition) is 4. The summed E-state index contributed by atoms with van der Waals surface area (Å²) in [5.41, 5.74) is 3.60. The van der Waals surface area contributed by atoms with E-state index < -0.39 is 0 Å². The number of aryl methyl sites for hydroxylation is 3. The average molecular weight is 339 g/mol. The van der Waals surface area contributed by atoms with Gasteiger partial charge in [0, 0.05) is 17.2 Å². The molecule has 0 bridgehead atoms. The van der Waals surface area contributed by atoms with Gasteiger partial charge in [-0.1, -0.05) is 24.3 Å². The van der Waals surface area contributed by atoms with Crippen LogP contribution < -0.4 is 5.32 Å². The second-order valence-corrected chi connectivity index (χ2v) is 6.00. The van der Waals surface area contributed by atoms with Crippen LogP contribution in [-0.2, 0) is 6.54 Å². The lowest BCUT2D eigenvalue weighted by atomic mass is 10.1. The summed E-state index contributed by atoms with van der Waals surface area (Å²) in [6, 6.07) is 11.5. The summed E-state index contributed by atoms with van der Waals surface area (Å²) in [5, 5.41) is 16.6. The number of amides is 1. The van der Waals surface area contributed by atoms with Crippen molar-refractivity contribution in [2.45, 2.75) is 27.3 Å². The molecule has 0 spiro atoms. The Morgan fingerprint density at radius 2 is 1.96 bits per heavy atom. The number of benzene rings is 1.